The summed E-state index contributed by atoms with van der Waals surface area (Å²) in [6.07, 6.45) is 0. The normalized spacial score (nSPS) is 13.7. The molecule has 15 heavy (non-hydrogen) atoms. The highest BCUT2D eigenvalue weighted by Gasteiger charge is 2.30. The molecule has 0 saturated carbocycles. The van der Waals surface area contributed by atoms with Gasteiger partial charge in [0.1, 0.15) is 0 Å². The Morgan fingerprint density at radius 2 is 1.73 bits per heavy atom. The molecule has 1 aliphatic rings. The summed E-state index contributed by atoms with van der Waals surface area (Å²) >= 11 is 2.96. The highest BCUT2D eigenvalue weighted by molar-refractivity contribution is 9.10. The second-order valence-corrected chi connectivity index (χ2v) is 3.74. The number of fused-ring (bicyclic) bond motifs is 1. The standard InChI is InChI=1S/C8H3BrN2O4/c9-5-1-3-4(2-6(5)11(14)15)8(13)10-7(3)12/h1-2H,(H,10,12,13). The second kappa shape index (κ2) is 3.13. The molecule has 0 spiro atoms. The van der Waals surface area contributed by atoms with Crippen LogP contribution in [0.1, 0.15) is 20.7 Å². The molecule has 1 aromatic carbocycles. The lowest BCUT2D eigenvalue weighted by molar-refractivity contribution is -0.385. The quantitative estimate of drug-likeness (QED) is 0.472. The van der Waals surface area contributed by atoms with Gasteiger partial charge in [0, 0.05) is 6.07 Å². The zero-order chi connectivity index (χ0) is 11.2. The number of amides is 2. The van der Waals surface area contributed by atoms with E-state index in [0.717, 1.165) is 6.07 Å². The van der Waals surface area contributed by atoms with E-state index in [-0.39, 0.29) is 21.3 Å². The van der Waals surface area contributed by atoms with Gasteiger partial charge in [-0.25, -0.2) is 0 Å². The lowest BCUT2D eigenvalue weighted by atomic mass is 10.1. The molecule has 76 valence electrons. The SMILES string of the molecule is O=C1NC(=O)c2cc([N+](=O)[O-])c(Br)cc21. The van der Waals surface area contributed by atoms with Gasteiger partial charge in [0.2, 0.25) is 0 Å². The van der Waals surface area contributed by atoms with Crippen LogP contribution in [0, 0.1) is 10.1 Å². The van der Waals surface area contributed by atoms with Gasteiger partial charge in [0.15, 0.2) is 0 Å². The highest BCUT2D eigenvalue weighted by Crippen LogP contribution is 2.30. The molecular weight excluding hydrogens is 268 g/mol. The first-order chi connectivity index (χ1) is 7.00. The fourth-order valence-electron chi connectivity index (χ4n) is 1.32. The molecule has 6 nitrogen and oxygen atoms in total. The van der Waals surface area contributed by atoms with E-state index in [1.54, 1.807) is 0 Å². The van der Waals surface area contributed by atoms with Crippen molar-refractivity contribution in [3.8, 4) is 0 Å². The van der Waals surface area contributed by atoms with Crippen LogP contribution in [-0.4, -0.2) is 16.7 Å². The van der Waals surface area contributed by atoms with E-state index in [1.165, 1.54) is 6.07 Å². The van der Waals surface area contributed by atoms with Crippen molar-refractivity contribution in [2.75, 3.05) is 0 Å². The number of benzene rings is 1. The summed E-state index contributed by atoms with van der Waals surface area (Å²) in [6.45, 7) is 0. The topological polar surface area (TPSA) is 89.3 Å². The average Bonchev–Trinajstić information content (AvgIpc) is 2.41. The Balaban J connectivity index is 2.70. The number of hydrogen-bond acceptors (Lipinski definition) is 4. The van der Waals surface area contributed by atoms with E-state index >= 15 is 0 Å². The van der Waals surface area contributed by atoms with Crippen molar-refractivity contribution in [3.63, 3.8) is 0 Å². The van der Waals surface area contributed by atoms with Crippen LogP contribution < -0.4 is 5.32 Å². The van der Waals surface area contributed by atoms with Crippen molar-refractivity contribution in [2.45, 2.75) is 0 Å². The first-order valence-corrected chi connectivity index (χ1v) is 4.63. The molecule has 7 heteroatoms. The number of carbonyl (C=O) groups is 2. The highest BCUT2D eigenvalue weighted by atomic mass is 79.9. The number of nitro groups is 1. The van der Waals surface area contributed by atoms with Gasteiger partial charge in [0.05, 0.1) is 20.5 Å². The van der Waals surface area contributed by atoms with Gasteiger partial charge in [-0.05, 0) is 22.0 Å². The van der Waals surface area contributed by atoms with E-state index in [0.29, 0.717) is 0 Å². The van der Waals surface area contributed by atoms with Gasteiger partial charge in [0.25, 0.3) is 17.5 Å². The number of nitro benzene ring substituents is 1. The Morgan fingerprint density at radius 3 is 2.27 bits per heavy atom. The number of nitrogens with zero attached hydrogens (tertiary/aromatic N) is 1. The largest absolute Gasteiger partial charge is 0.288 e. The van der Waals surface area contributed by atoms with E-state index < -0.39 is 16.7 Å². The molecule has 0 atom stereocenters. The van der Waals surface area contributed by atoms with Gasteiger partial charge in [-0.1, -0.05) is 0 Å². The molecule has 0 aromatic heterocycles. The maximum atomic E-state index is 11.2. The van der Waals surface area contributed by atoms with Crippen LogP contribution >= 0.6 is 15.9 Å². The molecule has 0 bridgehead atoms. The number of nitrogens with one attached hydrogen (secondary N) is 1. The Kier molecular flexibility index (Phi) is 2.04. The molecule has 0 saturated heterocycles. The first kappa shape index (κ1) is 9.78. The molecule has 1 heterocycles. The van der Waals surface area contributed by atoms with Gasteiger partial charge in [-0.2, -0.15) is 0 Å². The van der Waals surface area contributed by atoms with E-state index in [1.807, 2.05) is 0 Å². The summed E-state index contributed by atoms with van der Waals surface area (Å²) in [4.78, 5) is 32.3. The Hall–Kier alpha value is -1.76. The molecule has 1 aromatic rings. The van der Waals surface area contributed by atoms with Crippen molar-refractivity contribution in [3.05, 3.63) is 37.8 Å². The maximum Gasteiger partial charge on any atom is 0.284 e. The molecule has 0 radical (unpaired) electrons. The predicted molar refractivity (Wildman–Crippen MR) is 52.6 cm³/mol. The second-order valence-electron chi connectivity index (χ2n) is 2.89. The summed E-state index contributed by atoms with van der Waals surface area (Å²) in [7, 11) is 0. The minimum Gasteiger partial charge on any atom is -0.288 e. The Morgan fingerprint density at radius 1 is 1.20 bits per heavy atom. The van der Waals surface area contributed by atoms with Crippen molar-refractivity contribution >= 4 is 33.4 Å². The zero-order valence-corrected chi connectivity index (χ0v) is 8.70. The van der Waals surface area contributed by atoms with Crippen LogP contribution in [0.5, 0.6) is 0 Å². The third kappa shape index (κ3) is 1.40. The van der Waals surface area contributed by atoms with E-state index in [2.05, 4.69) is 21.2 Å². The van der Waals surface area contributed by atoms with Gasteiger partial charge >= 0.3 is 0 Å². The fourth-order valence-corrected chi connectivity index (χ4v) is 1.80. The third-order valence-electron chi connectivity index (χ3n) is 2.00. The Bertz CT molecular complexity index is 512. The number of rotatable bonds is 1. The number of hydrogen-bond donors (Lipinski definition) is 1. The molecule has 1 N–H and O–H groups in total. The predicted octanol–water partition coefficient (Wildman–Crippen LogP) is 1.24. The molecule has 2 amide bonds. The third-order valence-corrected chi connectivity index (χ3v) is 2.64. The van der Waals surface area contributed by atoms with Crippen LogP contribution in [0.2, 0.25) is 0 Å². The average molecular weight is 271 g/mol. The lowest BCUT2D eigenvalue weighted by Gasteiger charge is -1.97. The van der Waals surface area contributed by atoms with Crippen LogP contribution in [-0.2, 0) is 0 Å². The maximum absolute atomic E-state index is 11.2. The lowest BCUT2D eigenvalue weighted by Crippen LogP contribution is -2.19. The van der Waals surface area contributed by atoms with Crippen LogP contribution in [0.3, 0.4) is 0 Å². The minimum atomic E-state index is -0.625. The van der Waals surface area contributed by atoms with E-state index in [9.17, 15) is 19.7 Å². The number of carbonyl (C=O) groups excluding carboxylic acids is 2. The summed E-state index contributed by atoms with van der Waals surface area (Å²) < 4.78 is 0.177. The summed E-state index contributed by atoms with van der Waals surface area (Å²) in [5.41, 5.74) is -0.0500. The van der Waals surface area contributed by atoms with Gasteiger partial charge in [-0.15, -0.1) is 0 Å². The smallest absolute Gasteiger partial charge is 0.284 e. The van der Waals surface area contributed by atoms with Crippen molar-refractivity contribution in [1.29, 1.82) is 0 Å². The van der Waals surface area contributed by atoms with Crippen molar-refractivity contribution in [2.24, 2.45) is 0 Å². The first-order valence-electron chi connectivity index (χ1n) is 3.84. The zero-order valence-electron chi connectivity index (χ0n) is 7.11. The van der Waals surface area contributed by atoms with Gasteiger partial charge in [-0.3, -0.25) is 25.0 Å². The monoisotopic (exact) mass is 270 g/mol. The number of imide groups is 1. The molecule has 0 aliphatic carbocycles. The molecular formula is C8H3BrN2O4. The summed E-state index contributed by atoms with van der Waals surface area (Å²) in [6, 6.07) is 2.35. The fraction of sp³-hybridized carbons (Fsp3) is 0. The van der Waals surface area contributed by atoms with E-state index in [4.69, 9.17) is 0 Å². The van der Waals surface area contributed by atoms with Crippen molar-refractivity contribution < 1.29 is 14.5 Å². The van der Waals surface area contributed by atoms with Crippen LogP contribution in [0.4, 0.5) is 5.69 Å². The minimum absolute atomic E-state index is 0.0369. The molecule has 0 fully saturated rings. The van der Waals surface area contributed by atoms with Gasteiger partial charge < -0.3 is 0 Å². The molecule has 1 aliphatic heterocycles. The van der Waals surface area contributed by atoms with Crippen LogP contribution in [0.25, 0.3) is 0 Å². The molecule has 0 unspecified atom stereocenters. The number of halogens is 1. The summed E-state index contributed by atoms with van der Waals surface area (Å²) in [5.74, 6) is -1.14. The Labute approximate surface area is 91.5 Å². The molecule has 2 rings (SSSR count). The van der Waals surface area contributed by atoms with Crippen LogP contribution in [0.15, 0.2) is 16.6 Å². The summed E-state index contributed by atoms with van der Waals surface area (Å²) in [5, 5.41) is 12.6. The van der Waals surface area contributed by atoms with Crippen molar-refractivity contribution in [1.82, 2.24) is 5.32 Å².